The lowest BCUT2D eigenvalue weighted by molar-refractivity contribution is -0.122. The molecule has 2 atom stereocenters. The number of carbonyl (C=O) groups is 2. The molecule has 0 saturated heterocycles. The van der Waals surface area contributed by atoms with E-state index in [-0.39, 0.29) is 29.9 Å². The third kappa shape index (κ3) is 3.62. The van der Waals surface area contributed by atoms with Gasteiger partial charge in [0, 0.05) is 35.1 Å². The van der Waals surface area contributed by atoms with Crippen LogP contribution in [0.2, 0.25) is 5.02 Å². The zero-order chi connectivity index (χ0) is 20.5. The molecular weight excluding hydrogens is 390 g/mol. The number of Topliss-reactive ketones (excluding diaryl/α,β-unsaturated/α-hetero) is 1. The van der Waals surface area contributed by atoms with Crippen molar-refractivity contribution in [2.24, 2.45) is 0 Å². The Bertz CT molecular complexity index is 1010. The van der Waals surface area contributed by atoms with Crippen LogP contribution in [0.25, 0.3) is 0 Å². The summed E-state index contributed by atoms with van der Waals surface area (Å²) < 4.78 is 10.7. The van der Waals surface area contributed by atoms with Crippen LogP contribution in [0.15, 0.2) is 53.7 Å². The lowest BCUT2D eigenvalue weighted by Crippen LogP contribution is -2.38. The van der Waals surface area contributed by atoms with Gasteiger partial charge in [0.2, 0.25) is 5.91 Å². The summed E-state index contributed by atoms with van der Waals surface area (Å²) in [6, 6.07) is 13.1. The number of hydrogen-bond donors (Lipinski definition) is 1. The molecule has 0 radical (unpaired) electrons. The molecule has 1 aliphatic heterocycles. The van der Waals surface area contributed by atoms with Gasteiger partial charge >= 0.3 is 0 Å². The molecule has 0 unspecified atom stereocenters. The molecule has 0 spiro atoms. The van der Waals surface area contributed by atoms with E-state index >= 15 is 0 Å². The van der Waals surface area contributed by atoms with Crippen molar-refractivity contribution in [2.75, 3.05) is 14.2 Å². The zero-order valence-corrected chi connectivity index (χ0v) is 17.1. The Morgan fingerprint density at radius 2 is 1.72 bits per heavy atom. The van der Waals surface area contributed by atoms with Crippen LogP contribution in [0.1, 0.15) is 42.2 Å². The van der Waals surface area contributed by atoms with Crippen LogP contribution in [0.3, 0.4) is 0 Å². The second-order valence-corrected chi connectivity index (χ2v) is 7.77. The van der Waals surface area contributed by atoms with Crippen LogP contribution in [-0.2, 0) is 9.59 Å². The molecule has 29 heavy (non-hydrogen) atoms. The highest BCUT2D eigenvalue weighted by Crippen LogP contribution is 2.44. The van der Waals surface area contributed by atoms with Gasteiger partial charge in [-0.15, -0.1) is 0 Å². The minimum absolute atomic E-state index is 0.0422. The average molecular weight is 412 g/mol. The SMILES string of the molecule is COc1ccc([C@@H]2CC(=O)NC3=C2C(=O)C[C@@H](c2ccccc2Cl)C3)cc1OC. The highest BCUT2D eigenvalue weighted by molar-refractivity contribution is 6.31. The predicted octanol–water partition coefficient (Wildman–Crippen LogP) is 4.36. The monoisotopic (exact) mass is 411 g/mol. The van der Waals surface area contributed by atoms with E-state index in [1.807, 2.05) is 36.4 Å². The summed E-state index contributed by atoms with van der Waals surface area (Å²) in [5, 5.41) is 3.59. The highest BCUT2D eigenvalue weighted by Gasteiger charge is 2.38. The van der Waals surface area contributed by atoms with Gasteiger partial charge in [0.1, 0.15) is 0 Å². The van der Waals surface area contributed by atoms with Crippen molar-refractivity contribution in [3.05, 3.63) is 69.9 Å². The summed E-state index contributed by atoms with van der Waals surface area (Å²) in [5.74, 6) is 0.819. The molecule has 5 nitrogen and oxygen atoms in total. The Hall–Kier alpha value is -2.79. The molecule has 1 amide bonds. The smallest absolute Gasteiger partial charge is 0.225 e. The maximum atomic E-state index is 13.2. The van der Waals surface area contributed by atoms with E-state index < -0.39 is 0 Å². The van der Waals surface area contributed by atoms with Crippen molar-refractivity contribution in [3.8, 4) is 11.5 Å². The fourth-order valence-electron chi connectivity index (χ4n) is 4.34. The number of amides is 1. The largest absolute Gasteiger partial charge is 0.493 e. The van der Waals surface area contributed by atoms with Gasteiger partial charge in [-0.3, -0.25) is 9.59 Å². The van der Waals surface area contributed by atoms with Crippen LogP contribution < -0.4 is 14.8 Å². The van der Waals surface area contributed by atoms with E-state index in [2.05, 4.69) is 5.32 Å². The molecule has 2 aromatic carbocycles. The molecule has 4 rings (SSSR count). The minimum atomic E-state index is -0.293. The maximum absolute atomic E-state index is 13.2. The van der Waals surface area contributed by atoms with Crippen molar-refractivity contribution < 1.29 is 19.1 Å². The number of hydrogen-bond acceptors (Lipinski definition) is 4. The van der Waals surface area contributed by atoms with Gasteiger partial charge < -0.3 is 14.8 Å². The first-order valence-electron chi connectivity index (χ1n) is 9.54. The van der Waals surface area contributed by atoms with Gasteiger partial charge in [-0.05, 0) is 41.7 Å². The molecule has 1 N–H and O–H groups in total. The molecule has 2 aromatic rings. The number of rotatable bonds is 4. The topological polar surface area (TPSA) is 64.6 Å². The number of nitrogens with one attached hydrogen (secondary N) is 1. The molecule has 150 valence electrons. The number of ketones is 1. The van der Waals surface area contributed by atoms with Crippen LogP contribution in [0, 0.1) is 0 Å². The van der Waals surface area contributed by atoms with E-state index in [4.69, 9.17) is 21.1 Å². The molecule has 2 aliphatic rings. The van der Waals surface area contributed by atoms with Crippen LogP contribution in [-0.4, -0.2) is 25.9 Å². The average Bonchev–Trinajstić information content (AvgIpc) is 2.72. The molecule has 1 heterocycles. The van der Waals surface area contributed by atoms with Gasteiger partial charge in [-0.25, -0.2) is 0 Å². The fourth-order valence-corrected chi connectivity index (χ4v) is 4.63. The van der Waals surface area contributed by atoms with E-state index in [1.54, 1.807) is 20.3 Å². The Kier molecular flexibility index (Phi) is 5.33. The minimum Gasteiger partial charge on any atom is -0.493 e. The van der Waals surface area contributed by atoms with Crippen molar-refractivity contribution >= 4 is 23.3 Å². The van der Waals surface area contributed by atoms with E-state index in [0.717, 1.165) is 11.1 Å². The summed E-state index contributed by atoms with van der Waals surface area (Å²) in [4.78, 5) is 25.6. The van der Waals surface area contributed by atoms with Gasteiger partial charge in [-0.1, -0.05) is 35.9 Å². The first-order chi connectivity index (χ1) is 14.0. The third-order valence-corrected chi connectivity index (χ3v) is 6.04. The maximum Gasteiger partial charge on any atom is 0.225 e. The first kappa shape index (κ1) is 19.5. The van der Waals surface area contributed by atoms with Crippen molar-refractivity contribution in [1.82, 2.24) is 5.32 Å². The molecule has 1 aliphatic carbocycles. The van der Waals surface area contributed by atoms with E-state index in [1.165, 1.54) is 0 Å². The first-order valence-corrected chi connectivity index (χ1v) is 9.92. The second-order valence-electron chi connectivity index (χ2n) is 7.36. The fraction of sp³-hybridized carbons (Fsp3) is 0.304. The normalized spacial score (nSPS) is 21.5. The number of methoxy groups -OCH3 is 2. The lowest BCUT2D eigenvalue weighted by Gasteiger charge is -2.34. The molecule has 0 aromatic heterocycles. The predicted molar refractivity (Wildman–Crippen MR) is 111 cm³/mol. The number of allylic oxidation sites excluding steroid dienone is 2. The quantitative estimate of drug-likeness (QED) is 0.811. The van der Waals surface area contributed by atoms with Gasteiger partial charge in [0.15, 0.2) is 17.3 Å². The second kappa shape index (κ2) is 7.91. The Morgan fingerprint density at radius 3 is 2.45 bits per heavy atom. The Morgan fingerprint density at radius 1 is 0.966 bits per heavy atom. The van der Waals surface area contributed by atoms with Crippen molar-refractivity contribution in [1.29, 1.82) is 0 Å². The van der Waals surface area contributed by atoms with Crippen molar-refractivity contribution in [3.63, 3.8) is 0 Å². The molecule has 0 fully saturated rings. The summed E-state index contributed by atoms with van der Waals surface area (Å²) >= 11 is 6.36. The molecule has 6 heteroatoms. The number of ether oxygens (including phenoxy) is 2. The number of carbonyl (C=O) groups excluding carboxylic acids is 2. The number of benzene rings is 2. The van der Waals surface area contributed by atoms with Crippen LogP contribution in [0.5, 0.6) is 11.5 Å². The van der Waals surface area contributed by atoms with Gasteiger partial charge in [-0.2, -0.15) is 0 Å². The third-order valence-electron chi connectivity index (χ3n) is 5.69. The van der Waals surface area contributed by atoms with Crippen molar-refractivity contribution in [2.45, 2.75) is 31.1 Å². The van der Waals surface area contributed by atoms with Gasteiger partial charge in [0.25, 0.3) is 0 Å². The molecule has 0 bridgehead atoms. The number of halogens is 1. The van der Waals surface area contributed by atoms with Crippen LogP contribution >= 0.6 is 11.6 Å². The molecular formula is C23H22ClNO4. The summed E-state index contributed by atoms with van der Waals surface area (Å²) in [6.07, 6.45) is 1.19. The zero-order valence-electron chi connectivity index (χ0n) is 16.3. The van der Waals surface area contributed by atoms with Crippen LogP contribution in [0.4, 0.5) is 0 Å². The molecule has 0 saturated carbocycles. The Balaban J connectivity index is 1.73. The van der Waals surface area contributed by atoms with E-state index in [0.29, 0.717) is 40.6 Å². The van der Waals surface area contributed by atoms with E-state index in [9.17, 15) is 9.59 Å². The summed E-state index contributed by atoms with van der Waals surface area (Å²) in [5.41, 5.74) is 3.22. The highest BCUT2D eigenvalue weighted by atomic mass is 35.5. The summed E-state index contributed by atoms with van der Waals surface area (Å²) in [6.45, 7) is 0. The lowest BCUT2D eigenvalue weighted by atomic mass is 9.73. The standard InChI is InChI=1S/C23H22ClNO4/c1-28-20-8-7-13(11-21(20)29-2)16-12-22(27)25-18-9-14(10-19(26)23(16)18)15-5-3-4-6-17(15)24/h3-8,11,14,16H,9-10,12H2,1-2H3,(H,25,27)/t14-,16-/m0/s1. The Labute approximate surface area is 174 Å². The van der Waals surface area contributed by atoms with Gasteiger partial charge in [0.05, 0.1) is 14.2 Å². The summed E-state index contributed by atoms with van der Waals surface area (Å²) in [7, 11) is 3.14.